The van der Waals surface area contributed by atoms with E-state index in [9.17, 15) is 4.79 Å². The highest BCUT2D eigenvalue weighted by atomic mass is 35.5. The molecule has 0 aromatic heterocycles. The van der Waals surface area contributed by atoms with Gasteiger partial charge in [0, 0.05) is 12.1 Å². The van der Waals surface area contributed by atoms with Gasteiger partial charge in [-0.1, -0.05) is 11.6 Å². The Morgan fingerprint density at radius 3 is 2.61 bits per heavy atom. The molecular formula is C12H16ClNO4. The summed E-state index contributed by atoms with van der Waals surface area (Å²) in [6.07, 6.45) is -0.659. The molecule has 0 aliphatic carbocycles. The molecule has 0 heterocycles. The third-order valence-corrected chi connectivity index (χ3v) is 2.31. The Hall–Kier alpha value is -1.30. The maximum atomic E-state index is 11.5. The van der Waals surface area contributed by atoms with E-state index in [1.807, 2.05) is 0 Å². The predicted molar refractivity (Wildman–Crippen MR) is 67.5 cm³/mol. The monoisotopic (exact) mass is 273 g/mol. The molecule has 1 amide bonds. The third-order valence-electron chi connectivity index (χ3n) is 2.06. The summed E-state index contributed by atoms with van der Waals surface area (Å²) in [5.74, 6) is 0.208. The minimum atomic E-state index is -0.659. The topological polar surface area (TPSA) is 56.8 Å². The van der Waals surface area contributed by atoms with Gasteiger partial charge in [-0.3, -0.25) is 9.63 Å². The van der Waals surface area contributed by atoms with Gasteiger partial charge in [-0.15, -0.1) is 0 Å². The van der Waals surface area contributed by atoms with Crippen molar-refractivity contribution in [3.8, 4) is 5.75 Å². The Morgan fingerprint density at radius 2 is 2.00 bits per heavy atom. The lowest BCUT2D eigenvalue weighted by Crippen LogP contribution is -2.36. The van der Waals surface area contributed by atoms with E-state index in [0.717, 1.165) is 0 Å². The molecule has 0 unspecified atom stereocenters. The van der Waals surface area contributed by atoms with Crippen LogP contribution in [0.4, 0.5) is 0 Å². The van der Waals surface area contributed by atoms with Crippen molar-refractivity contribution in [1.82, 2.24) is 5.48 Å². The first-order valence-electron chi connectivity index (χ1n) is 5.46. The smallest absolute Gasteiger partial charge is 0.284 e. The number of halogens is 1. The van der Waals surface area contributed by atoms with Crippen LogP contribution in [0.25, 0.3) is 0 Å². The van der Waals surface area contributed by atoms with Gasteiger partial charge in [0.15, 0.2) is 6.10 Å². The Bertz CT molecular complexity index is 369. The van der Waals surface area contributed by atoms with Gasteiger partial charge in [0.1, 0.15) is 5.75 Å². The number of benzene rings is 1. The Labute approximate surface area is 111 Å². The molecule has 1 aromatic rings. The zero-order valence-electron chi connectivity index (χ0n) is 10.3. The summed E-state index contributed by atoms with van der Waals surface area (Å²) in [7, 11) is 1.55. The van der Waals surface area contributed by atoms with Gasteiger partial charge in [0.2, 0.25) is 0 Å². The Balaban J connectivity index is 2.33. The van der Waals surface area contributed by atoms with E-state index in [4.69, 9.17) is 25.9 Å². The molecule has 0 bridgehead atoms. The van der Waals surface area contributed by atoms with Crippen molar-refractivity contribution in [3.05, 3.63) is 29.3 Å². The van der Waals surface area contributed by atoms with Crippen LogP contribution in [0.5, 0.6) is 5.75 Å². The van der Waals surface area contributed by atoms with E-state index in [1.165, 1.54) is 0 Å². The first kappa shape index (κ1) is 14.8. The molecule has 0 aliphatic heterocycles. The molecule has 0 saturated heterocycles. The summed E-state index contributed by atoms with van der Waals surface area (Å²) < 4.78 is 10.2. The van der Waals surface area contributed by atoms with E-state index >= 15 is 0 Å². The number of hydroxylamine groups is 1. The summed E-state index contributed by atoms with van der Waals surface area (Å²) >= 11 is 5.74. The fourth-order valence-corrected chi connectivity index (χ4v) is 1.23. The second-order valence-electron chi connectivity index (χ2n) is 3.52. The highest BCUT2D eigenvalue weighted by Gasteiger charge is 2.14. The summed E-state index contributed by atoms with van der Waals surface area (Å²) in [5.41, 5.74) is 2.28. The highest BCUT2D eigenvalue weighted by Crippen LogP contribution is 2.16. The molecule has 100 valence electrons. The summed E-state index contributed by atoms with van der Waals surface area (Å²) in [4.78, 5) is 16.4. The number of carbonyl (C=O) groups excluding carboxylic acids is 1. The van der Waals surface area contributed by atoms with Crippen LogP contribution < -0.4 is 10.2 Å². The number of hydrogen-bond acceptors (Lipinski definition) is 4. The minimum Gasteiger partial charge on any atom is -0.481 e. The van der Waals surface area contributed by atoms with Gasteiger partial charge in [0.05, 0.1) is 13.2 Å². The quantitative estimate of drug-likeness (QED) is 0.608. The number of nitrogens with one attached hydrogen (secondary N) is 1. The normalized spacial score (nSPS) is 11.9. The number of carbonyl (C=O) groups is 1. The molecule has 1 aromatic carbocycles. The first-order valence-corrected chi connectivity index (χ1v) is 5.84. The molecule has 5 nitrogen and oxygen atoms in total. The summed E-state index contributed by atoms with van der Waals surface area (Å²) in [6, 6.07) is 6.77. The zero-order valence-corrected chi connectivity index (χ0v) is 11.1. The second kappa shape index (κ2) is 7.92. The van der Waals surface area contributed by atoms with Gasteiger partial charge in [-0.2, -0.15) is 0 Å². The van der Waals surface area contributed by atoms with Crippen molar-refractivity contribution in [2.75, 3.05) is 20.3 Å². The van der Waals surface area contributed by atoms with Crippen molar-refractivity contribution >= 4 is 17.5 Å². The third kappa shape index (κ3) is 5.35. The van der Waals surface area contributed by atoms with E-state index in [2.05, 4.69) is 5.48 Å². The fourth-order valence-electron chi connectivity index (χ4n) is 1.10. The molecule has 0 radical (unpaired) electrons. The maximum Gasteiger partial charge on any atom is 0.284 e. The lowest BCUT2D eigenvalue weighted by atomic mass is 10.3. The molecule has 0 spiro atoms. The molecule has 0 aliphatic rings. The molecule has 0 fully saturated rings. The van der Waals surface area contributed by atoms with Gasteiger partial charge in [-0.05, 0) is 31.2 Å². The molecule has 6 heteroatoms. The van der Waals surface area contributed by atoms with Gasteiger partial charge >= 0.3 is 0 Å². The highest BCUT2D eigenvalue weighted by molar-refractivity contribution is 6.30. The van der Waals surface area contributed by atoms with Gasteiger partial charge in [0.25, 0.3) is 5.91 Å². The standard InChI is InChI=1S/C12H16ClNO4/c1-9(12(15)14-17-8-7-16-2)18-11-5-3-10(13)4-6-11/h3-6,9H,7-8H2,1-2H3,(H,14,15)/t9-/m0/s1. The van der Waals surface area contributed by atoms with Gasteiger partial charge in [-0.25, -0.2) is 5.48 Å². The van der Waals surface area contributed by atoms with Crippen LogP contribution in [0.3, 0.4) is 0 Å². The summed E-state index contributed by atoms with van der Waals surface area (Å²) in [5, 5.41) is 0.613. The second-order valence-corrected chi connectivity index (χ2v) is 3.96. The van der Waals surface area contributed by atoms with Crippen LogP contribution >= 0.6 is 11.6 Å². The van der Waals surface area contributed by atoms with Crippen molar-refractivity contribution in [2.24, 2.45) is 0 Å². The van der Waals surface area contributed by atoms with Crippen LogP contribution in [0.2, 0.25) is 5.02 Å². The molecule has 0 saturated carbocycles. The van der Waals surface area contributed by atoms with E-state index < -0.39 is 6.10 Å². The van der Waals surface area contributed by atoms with Crippen LogP contribution in [0.1, 0.15) is 6.92 Å². The molecule has 1 rings (SSSR count). The summed E-state index contributed by atoms with van der Waals surface area (Å²) in [6.45, 7) is 2.33. The average molecular weight is 274 g/mol. The first-order chi connectivity index (χ1) is 8.63. The van der Waals surface area contributed by atoms with E-state index in [-0.39, 0.29) is 12.5 Å². The largest absolute Gasteiger partial charge is 0.481 e. The molecule has 18 heavy (non-hydrogen) atoms. The van der Waals surface area contributed by atoms with Crippen LogP contribution in [0, 0.1) is 0 Å². The Morgan fingerprint density at radius 1 is 1.33 bits per heavy atom. The van der Waals surface area contributed by atoms with Crippen molar-refractivity contribution < 1.29 is 19.1 Å². The van der Waals surface area contributed by atoms with Crippen molar-refractivity contribution in [2.45, 2.75) is 13.0 Å². The van der Waals surface area contributed by atoms with E-state index in [1.54, 1.807) is 38.3 Å². The van der Waals surface area contributed by atoms with Crippen LogP contribution in [0.15, 0.2) is 24.3 Å². The maximum absolute atomic E-state index is 11.5. The number of hydrogen-bond donors (Lipinski definition) is 1. The van der Waals surface area contributed by atoms with Crippen LogP contribution in [-0.2, 0) is 14.4 Å². The Kier molecular flexibility index (Phi) is 6.49. The SMILES string of the molecule is COCCONC(=O)[C@H](C)Oc1ccc(Cl)cc1. The molecular weight excluding hydrogens is 258 g/mol. The number of rotatable bonds is 7. The lowest BCUT2D eigenvalue weighted by Gasteiger charge is -2.14. The van der Waals surface area contributed by atoms with Crippen molar-refractivity contribution in [3.63, 3.8) is 0 Å². The van der Waals surface area contributed by atoms with Gasteiger partial charge < -0.3 is 9.47 Å². The fraction of sp³-hybridized carbons (Fsp3) is 0.417. The average Bonchev–Trinajstić information content (AvgIpc) is 2.37. The number of ether oxygens (including phenoxy) is 2. The van der Waals surface area contributed by atoms with Crippen molar-refractivity contribution in [1.29, 1.82) is 0 Å². The predicted octanol–water partition coefficient (Wildman–Crippen LogP) is 1.80. The lowest BCUT2D eigenvalue weighted by molar-refractivity contribution is -0.141. The number of amides is 1. The van der Waals surface area contributed by atoms with Crippen LogP contribution in [-0.4, -0.2) is 32.3 Å². The van der Waals surface area contributed by atoms with E-state index in [0.29, 0.717) is 17.4 Å². The number of methoxy groups -OCH3 is 1. The minimum absolute atomic E-state index is 0.288. The zero-order chi connectivity index (χ0) is 13.4. The molecule has 1 atom stereocenters. The molecule has 1 N–H and O–H groups in total.